The number of rotatable bonds is 4. The number of halogens is 1. The van der Waals surface area contributed by atoms with E-state index < -0.39 is 0 Å². The maximum absolute atomic E-state index is 13.7. The number of nitrogens with zero attached hydrogens (tertiary/aromatic N) is 1. The first-order valence-corrected chi connectivity index (χ1v) is 7.65. The molecule has 3 rings (SSSR count). The minimum Gasteiger partial charge on any atom is -0.454 e. The van der Waals surface area contributed by atoms with Crippen LogP contribution in [0.25, 0.3) is 0 Å². The van der Waals surface area contributed by atoms with Gasteiger partial charge in [0.25, 0.3) is 0 Å². The van der Waals surface area contributed by atoms with E-state index in [9.17, 15) is 4.39 Å². The summed E-state index contributed by atoms with van der Waals surface area (Å²) in [5, 5.41) is 3.73. The van der Waals surface area contributed by atoms with Crippen molar-refractivity contribution in [3.05, 3.63) is 59.4 Å². The van der Waals surface area contributed by atoms with Crippen LogP contribution < -0.4 is 14.8 Å². The van der Waals surface area contributed by atoms with Crippen molar-refractivity contribution in [3.8, 4) is 11.5 Å². The zero-order valence-electron chi connectivity index (χ0n) is 12.7. The molecule has 0 amide bonds. The van der Waals surface area contributed by atoms with E-state index in [2.05, 4.69) is 5.32 Å². The molecule has 120 valence electrons. The topological polar surface area (TPSA) is 33.7 Å². The number of hydrogen-bond acceptors (Lipinski definition) is 3. The number of benzene rings is 2. The lowest BCUT2D eigenvalue weighted by Gasteiger charge is -2.21. The molecule has 2 aromatic carbocycles. The molecule has 2 aromatic rings. The second kappa shape index (κ2) is 6.83. The van der Waals surface area contributed by atoms with Gasteiger partial charge in [-0.15, -0.1) is 0 Å². The zero-order valence-corrected chi connectivity index (χ0v) is 13.5. The summed E-state index contributed by atoms with van der Waals surface area (Å²) in [7, 11) is 1.83. The summed E-state index contributed by atoms with van der Waals surface area (Å²) in [6, 6.07) is 12.5. The van der Waals surface area contributed by atoms with Crippen molar-refractivity contribution in [1.29, 1.82) is 0 Å². The molecule has 0 fully saturated rings. The minimum absolute atomic E-state index is 0.224. The Morgan fingerprint density at radius 1 is 1.22 bits per heavy atom. The van der Waals surface area contributed by atoms with Crippen molar-refractivity contribution < 1.29 is 13.9 Å². The summed E-state index contributed by atoms with van der Waals surface area (Å²) in [6.07, 6.45) is 0. The summed E-state index contributed by atoms with van der Waals surface area (Å²) < 4.78 is 24.3. The Balaban J connectivity index is 1.55. The molecule has 1 aliphatic heterocycles. The van der Waals surface area contributed by atoms with Gasteiger partial charge in [-0.3, -0.25) is 0 Å². The van der Waals surface area contributed by atoms with Crippen molar-refractivity contribution in [3.63, 3.8) is 0 Å². The quantitative estimate of drug-likeness (QED) is 0.871. The average Bonchev–Trinajstić information content (AvgIpc) is 3.02. The van der Waals surface area contributed by atoms with Crippen LogP contribution in [0.1, 0.15) is 11.1 Å². The molecule has 0 unspecified atom stereocenters. The van der Waals surface area contributed by atoms with Crippen molar-refractivity contribution in [1.82, 2.24) is 10.2 Å². The molecule has 0 spiro atoms. The van der Waals surface area contributed by atoms with Crippen LogP contribution in [0, 0.1) is 5.82 Å². The number of nitrogens with one attached hydrogen (secondary N) is 1. The van der Waals surface area contributed by atoms with Crippen molar-refractivity contribution >= 4 is 17.3 Å². The van der Waals surface area contributed by atoms with Crippen LogP contribution in [0.15, 0.2) is 42.5 Å². The highest BCUT2D eigenvalue weighted by atomic mass is 32.1. The van der Waals surface area contributed by atoms with Gasteiger partial charge in [-0.05, 0) is 36.0 Å². The van der Waals surface area contributed by atoms with Gasteiger partial charge >= 0.3 is 0 Å². The lowest BCUT2D eigenvalue weighted by molar-refractivity contribution is 0.174. The van der Waals surface area contributed by atoms with Crippen molar-refractivity contribution in [2.75, 3.05) is 13.8 Å². The van der Waals surface area contributed by atoms with E-state index in [4.69, 9.17) is 21.7 Å². The summed E-state index contributed by atoms with van der Waals surface area (Å²) in [6.45, 7) is 1.24. The summed E-state index contributed by atoms with van der Waals surface area (Å²) >= 11 is 5.35. The zero-order chi connectivity index (χ0) is 16.2. The number of fused-ring (bicyclic) bond motifs is 1. The van der Waals surface area contributed by atoms with Gasteiger partial charge in [0.15, 0.2) is 16.6 Å². The SMILES string of the molecule is CN(Cc1ccccc1F)C(=S)NCc1ccc2c(c1)OCO2. The highest BCUT2D eigenvalue weighted by Gasteiger charge is 2.13. The van der Waals surface area contributed by atoms with Gasteiger partial charge in [-0.25, -0.2) is 4.39 Å². The van der Waals surface area contributed by atoms with Gasteiger partial charge < -0.3 is 19.7 Å². The molecule has 1 N–H and O–H groups in total. The first-order valence-electron chi connectivity index (χ1n) is 7.24. The van der Waals surface area contributed by atoms with E-state index >= 15 is 0 Å². The molecule has 0 bridgehead atoms. The maximum Gasteiger partial charge on any atom is 0.231 e. The van der Waals surface area contributed by atoms with Gasteiger partial charge in [0.1, 0.15) is 5.82 Å². The lowest BCUT2D eigenvalue weighted by Crippen LogP contribution is -2.36. The van der Waals surface area contributed by atoms with Gasteiger partial charge in [-0.2, -0.15) is 0 Å². The van der Waals surface area contributed by atoms with Gasteiger partial charge in [0, 0.05) is 25.7 Å². The second-order valence-corrected chi connectivity index (χ2v) is 5.68. The lowest BCUT2D eigenvalue weighted by atomic mass is 10.2. The standard InChI is InChI=1S/C17H17FN2O2S/c1-20(10-13-4-2-3-5-14(13)18)17(23)19-9-12-6-7-15-16(8-12)22-11-21-15/h2-8H,9-11H2,1H3,(H,19,23). The fourth-order valence-electron chi connectivity index (χ4n) is 2.32. The van der Waals surface area contributed by atoms with Crippen LogP contribution in [0.3, 0.4) is 0 Å². The fraction of sp³-hybridized carbons (Fsp3) is 0.235. The molecule has 0 saturated carbocycles. The molecule has 0 radical (unpaired) electrons. The molecule has 0 atom stereocenters. The molecular weight excluding hydrogens is 315 g/mol. The first-order chi connectivity index (χ1) is 11.1. The van der Waals surface area contributed by atoms with Crippen LogP contribution in [-0.4, -0.2) is 23.9 Å². The van der Waals surface area contributed by atoms with Crippen LogP contribution >= 0.6 is 12.2 Å². The van der Waals surface area contributed by atoms with Crippen molar-refractivity contribution in [2.24, 2.45) is 0 Å². The molecule has 0 saturated heterocycles. The van der Waals surface area contributed by atoms with Crippen LogP contribution in [0.2, 0.25) is 0 Å². The summed E-state index contributed by atoms with van der Waals surface area (Å²) in [5.74, 6) is 1.28. The predicted molar refractivity (Wildman–Crippen MR) is 89.9 cm³/mol. The van der Waals surface area contributed by atoms with E-state index in [0.717, 1.165) is 17.1 Å². The van der Waals surface area contributed by atoms with Crippen molar-refractivity contribution in [2.45, 2.75) is 13.1 Å². The van der Waals surface area contributed by atoms with Gasteiger partial charge in [0.05, 0.1) is 0 Å². The predicted octanol–water partition coefficient (Wildman–Crippen LogP) is 3.06. The van der Waals surface area contributed by atoms with E-state index in [0.29, 0.717) is 23.8 Å². The third kappa shape index (κ3) is 3.71. The Morgan fingerprint density at radius 3 is 2.83 bits per heavy atom. The Bertz CT molecular complexity index is 723. The third-order valence-electron chi connectivity index (χ3n) is 3.59. The van der Waals surface area contributed by atoms with E-state index in [-0.39, 0.29) is 12.6 Å². The van der Waals surface area contributed by atoms with E-state index in [1.165, 1.54) is 6.07 Å². The Morgan fingerprint density at radius 2 is 2.00 bits per heavy atom. The smallest absolute Gasteiger partial charge is 0.231 e. The second-order valence-electron chi connectivity index (χ2n) is 5.29. The average molecular weight is 332 g/mol. The number of ether oxygens (including phenoxy) is 2. The Hall–Kier alpha value is -2.34. The van der Waals surface area contributed by atoms with E-state index in [1.807, 2.05) is 31.3 Å². The molecule has 1 heterocycles. The molecule has 0 aliphatic carbocycles. The largest absolute Gasteiger partial charge is 0.454 e. The maximum atomic E-state index is 13.7. The molecule has 1 aliphatic rings. The molecule has 6 heteroatoms. The van der Waals surface area contributed by atoms with Gasteiger partial charge in [0.2, 0.25) is 6.79 Å². The van der Waals surface area contributed by atoms with Crippen LogP contribution in [0.4, 0.5) is 4.39 Å². The van der Waals surface area contributed by atoms with Crippen LogP contribution in [-0.2, 0) is 13.1 Å². The Kier molecular flexibility index (Phi) is 4.62. The highest BCUT2D eigenvalue weighted by Crippen LogP contribution is 2.32. The molecule has 0 aromatic heterocycles. The third-order valence-corrected chi connectivity index (χ3v) is 4.05. The fourth-order valence-corrected chi connectivity index (χ4v) is 2.45. The molecule has 4 nitrogen and oxygen atoms in total. The number of hydrogen-bond donors (Lipinski definition) is 1. The molecule has 23 heavy (non-hydrogen) atoms. The minimum atomic E-state index is -0.224. The highest BCUT2D eigenvalue weighted by molar-refractivity contribution is 7.80. The van der Waals surface area contributed by atoms with Gasteiger partial charge in [-0.1, -0.05) is 24.3 Å². The normalized spacial score (nSPS) is 12.1. The monoisotopic (exact) mass is 332 g/mol. The first kappa shape index (κ1) is 15.6. The summed E-state index contributed by atoms with van der Waals surface area (Å²) in [4.78, 5) is 1.81. The number of thiocarbonyl (C=S) groups is 1. The molecular formula is C17H17FN2O2S. The Labute approximate surface area is 139 Å². The van der Waals surface area contributed by atoms with E-state index in [1.54, 1.807) is 17.0 Å². The summed E-state index contributed by atoms with van der Waals surface area (Å²) in [5.41, 5.74) is 1.65. The van der Waals surface area contributed by atoms with Crippen LogP contribution in [0.5, 0.6) is 11.5 Å².